The highest BCUT2D eigenvalue weighted by molar-refractivity contribution is 6.58. The van der Waals surface area contributed by atoms with E-state index in [4.69, 9.17) is 10.0 Å². The quantitative estimate of drug-likeness (QED) is 0.671. The molecule has 0 atom stereocenters. The first-order valence-electron chi connectivity index (χ1n) is 7.36. The van der Waals surface area contributed by atoms with Gasteiger partial charge >= 0.3 is 7.12 Å². The van der Waals surface area contributed by atoms with Crippen molar-refractivity contribution in [1.29, 1.82) is 0 Å². The highest BCUT2D eigenvalue weighted by atomic mass is 19.1. The van der Waals surface area contributed by atoms with E-state index in [0.717, 1.165) is 18.1 Å². The maximum absolute atomic E-state index is 13.8. The number of hydrogen-bond donors (Lipinski definition) is 2. The van der Waals surface area contributed by atoms with Crippen LogP contribution in [0.5, 0.6) is 0 Å². The summed E-state index contributed by atoms with van der Waals surface area (Å²) >= 11 is 0. The van der Waals surface area contributed by atoms with Gasteiger partial charge in [0, 0.05) is 5.56 Å². The average molecular weight is 296 g/mol. The highest BCUT2D eigenvalue weighted by Gasteiger charge is 2.12. The Balaban J connectivity index is 2.13. The molecule has 22 heavy (non-hydrogen) atoms. The molecule has 2 aromatic carbocycles. The van der Waals surface area contributed by atoms with Crippen molar-refractivity contribution in [3.05, 3.63) is 65.0 Å². The monoisotopic (exact) mass is 296 g/mol. The molecule has 0 aromatic heterocycles. The Hall–Kier alpha value is -2.09. The molecule has 0 spiro atoms. The van der Waals surface area contributed by atoms with E-state index in [2.05, 4.69) is 18.8 Å². The summed E-state index contributed by atoms with van der Waals surface area (Å²) in [5.41, 5.74) is 2.45. The van der Waals surface area contributed by atoms with Gasteiger partial charge in [-0.2, -0.15) is 0 Å². The van der Waals surface area contributed by atoms with Crippen molar-refractivity contribution in [3.8, 4) is 11.8 Å². The summed E-state index contributed by atoms with van der Waals surface area (Å²) in [4.78, 5) is 0. The van der Waals surface area contributed by atoms with Crippen LogP contribution in [-0.4, -0.2) is 17.2 Å². The minimum absolute atomic E-state index is 0.114. The largest absolute Gasteiger partial charge is 0.488 e. The molecule has 112 valence electrons. The van der Waals surface area contributed by atoms with E-state index in [1.807, 2.05) is 24.3 Å². The molecule has 2 N–H and O–H groups in total. The summed E-state index contributed by atoms with van der Waals surface area (Å²) in [5.74, 6) is 5.13. The van der Waals surface area contributed by atoms with Gasteiger partial charge in [0.05, 0.1) is 5.56 Å². The summed E-state index contributed by atoms with van der Waals surface area (Å²) in [6.07, 6.45) is 3.39. The van der Waals surface area contributed by atoms with Crippen LogP contribution >= 0.6 is 0 Å². The smallest absolute Gasteiger partial charge is 0.423 e. The van der Waals surface area contributed by atoms with Crippen molar-refractivity contribution in [2.75, 3.05) is 0 Å². The van der Waals surface area contributed by atoms with Crippen LogP contribution in [0.15, 0.2) is 42.5 Å². The van der Waals surface area contributed by atoms with Gasteiger partial charge in [-0.05, 0) is 48.1 Å². The molecule has 0 heterocycles. The first kappa shape index (κ1) is 16.3. The molecule has 0 amide bonds. The molecule has 0 radical (unpaired) electrons. The summed E-state index contributed by atoms with van der Waals surface area (Å²) in [6, 6.07) is 11.9. The van der Waals surface area contributed by atoms with E-state index in [9.17, 15) is 4.39 Å². The Morgan fingerprint density at radius 1 is 1.05 bits per heavy atom. The van der Waals surface area contributed by atoms with Crippen LogP contribution in [-0.2, 0) is 6.42 Å². The van der Waals surface area contributed by atoms with E-state index in [0.29, 0.717) is 0 Å². The summed E-state index contributed by atoms with van der Waals surface area (Å²) < 4.78 is 13.8. The molecule has 0 aliphatic heterocycles. The lowest BCUT2D eigenvalue weighted by molar-refractivity contribution is 0.425. The van der Waals surface area contributed by atoms with Crippen LogP contribution in [0.2, 0.25) is 0 Å². The van der Waals surface area contributed by atoms with Crippen molar-refractivity contribution < 1.29 is 14.4 Å². The maximum atomic E-state index is 13.8. The molecule has 2 nitrogen and oxygen atoms in total. The van der Waals surface area contributed by atoms with Gasteiger partial charge in [0.15, 0.2) is 0 Å². The Bertz CT molecular complexity index is 684. The zero-order valence-electron chi connectivity index (χ0n) is 12.5. The molecule has 2 rings (SSSR count). The summed E-state index contributed by atoms with van der Waals surface area (Å²) in [5, 5.41) is 18.0. The van der Waals surface area contributed by atoms with Crippen molar-refractivity contribution in [2.45, 2.75) is 26.2 Å². The summed E-state index contributed by atoms with van der Waals surface area (Å²) in [6.45, 7) is 2.16. The third-order valence-electron chi connectivity index (χ3n) is 3.41. The normalized spacial score (nSPS) is 10.0. The molecular weight excluding hydrogens is 278 g/mol. The topological polar surface area (TPSA) is 40.5 Å². The molecule has 0 aliphatic rings. The fourth-order valence-corrected chi connectivity index (χ4v) is 2.07. The number of unbranched alkanes of at least 4 members (excludes halogenated alkanes) is 1. The second-order valence-corrected chi connectivity index (χ2v) is 5.16. The van der Waals surface area contributed by atoms with Crippen molar-refractivity contribution in [3.63, 3.8) is 0 Å². The van der Waals surface area contributed by atoms with Crippen LogP contribution in [0, 0.1) is 17.7 Å². The molecule has 4 heteroatoms. The fourth-order valence-electron chi connectivity index (χ4n) is 2.07. The third kappa shape index (κ3) is 4.46. The second kappa shape index (κ2) is 7.79. The molecule has 0 saturated heterocycles. The second-order valence-electron chi connectivity index (χ2n) is 5.16. The van der Waals surface area contributed by atoms with Crippen LogP contribution < -0.4 is 5.46 Å². The maximum Gasteiger partial charge on any atom is 0.488 e. The van der Waals surface area contributed by atoms with Gasteiger partial charge in [-0.15, -0.1) is 0 Å². The van der Waals surface area contributed by atoms with Gasteiger partial charge in [0.25, 0.3) is 0 Å². The van der Waals surface area contributed by atoms with E-state index < -0.39 is 12.9 Å². The first-order valence-corrected chi connectivity index (χ1v) is 7.36. The Labute approximate surface area is 130 Å². The zero-order chi connectivity index (χ0) is 15.9. The zero-order valence-corrected chi connectivity index (χ0v) is 12.5. The minimum Gasteiger partial charge on any atom is -0.423 e. The third-order valence-corrected chi connectivity index (χ3v) is 3.41. The lowest BCUT2D eigenvalue weighted by Gasteiger charge is -2.01. The number of benzene rings is 2. The lowest BCUT2D eigenvalue weighted by atomic mass is 9.80. The Morgan fingerprint density at radius 2 is 1.77 bits per heavy atom. The van der Waals surface area contributed by atoms with E-state index in [1.54, 1.807) is 0 Å². The van der Waals surface area contributed by atoms with Crippen molar-refractivity contribution in [2.24, 2.45) is 0 Å². The van der Waals surface area contributed by atoms with Gasteiger partial charge in [-0.1, -0.05) is 43.4 Å². The molecule has 0 saturated carbocycles. The molecule has 0 unspecified atom stereocenters. The van der Waals surface area contributed by atoms with Gasteiger partial charge in [0.2, 0.25) is 0 Å². The SMILES string of the molecule is CCCCc1ccc(C#Cc2ccc(B(O)O)cc2F)cc1. The first-order chi connectivity index (χ1) is 10.6. The molecule has 0 fully saturated rings. The Kier molecular flexibility index (Phi) is 5.77. The molecular formula is C18H18BFO2. The summed E-state index contributed by atoms with van der Waals surface area (Å²) in [7, 11) is -1.67. The number of hydrogen-bond acceptors (Lipinski definition) is 2. The van der Waals surface area contributed by atoms with E-state index in [-0.39, 0.29) is 11.0 Å². The van der Waals surface area contributed by atoms with Crippen LogP contribution in [0.1, 0.15) is 36.5 Å². The van der Waals surface area contributed by atoms with E-state index >= 15 is 0 Å². The standard InChI is InChI=1S/C18H18BFO2/c1-2-3-4-14-5-7-15(8-6-14)9-10-16-11-12-17(19(21)22)13-18(16)20/h5-8,11-13,21-22H,2-4H2,1H3. The highest BCUT2D eigenvalue weighted by Crippen LogP contribution is 2.08. The van der Waals surface area contributed by atoms with Crippen molar-refractivity contribution in [1.82, 2.24) is 0 Å². The van der Waals surface area contributed by atoms with Gasteiger partial charge < -0.3 is 10.0 Å². The lowest BCUT2D eigenvalue weighted by Crippen LogP contribution is -2.30. The van der Waals surface area contributed by atoms with Crippen LogP contribution in [0.25, 0.3) is 0 Å². The Morgan fingerprint density at radius 3 is 2.36 bits per heavy atom. The van der Waals surface area contributed by atoms with Gasteiger partial charge in [0.1, 0.15) is 5.82 Å². The fraction of sp³-hybridized carbons (Fsp3) is 0.222. The predicted molar refractivity (Wildman–Crippen MR) is 87.3 cm³/mol. The number of halogens is 1. The predicted octanol–water partition coefficient (Wildman–Crippen LogP) is 2.25. The minimum atomic E-state index is -1.67. The van der Waals surface area contributed by atoms with Crippen LogP contribution in [0.3, 0.4) is 0 Å². The molecule has 0 aliphatic carbocycles. The van der Waals surface area contributed by atoms with Gasteiger partial charge in [-0.3, -0.25) is 0 Å². The number of rotatable bonds is 4. The average Bonchev–Trinajstić information content (AvgIpc) is 2.52. The van der Waals surface area contributed by atoms with Crippen LogP contribution in [0.4, 0.5) is 4.39 Å². The molecule has 0 bridgehead atoms. The number of aryl methyl sites for hydroxylation is 1. The molecule has 2 aromatic rings. The van der Waals surface area contributed by atoms with E-state index in [1.165, 1.54) is 30.5 Å². The van der Waals surface area contributed by atoms with Crippen molar-refractivity contribution >= 4 is 12.6 Å². The van der Waals surface area contributed by atoms with Gasteiger partial charge in [-0.25, -0.2) is 4.39 Å².